The molecular formula is C8H5ClO3S. The maximum Gasteiger partial charge on any atom is 0.328 e. The molecule has 1 N–H and O–H groups in total. The smallest absolute Gasteiger partial charge is 0.328 e. The molecule has 68 valence electrons. The average molecular weight is 217 g/mol. The standard InChI is InChI=1S/C8H5ClO3S/c9-7-3-2-6(13-7)5(10)1-4-8(11)12/h1-4H,(H,11,12). The van der Waals surface area contributed by atoms with E-state index >= 15 is 0 Å². The van der Waals surface area contributed by atoms with Crippen LogP contribution in [0.2, 0.25) is 4.34 Å². The van der Waals surface area contributed by atoms with E-state index in [0.717, 1.165) is 23.5 Å². The number of carboxylic acids is 1. The number of thiophene rings is 1. The molecule has 0 bridgehead atoms. The van der Waals surface area contributed by atoms with Crippen molar-refractivity contribution >= 4 is 34.7 Å². The Morgan fingerprint density at radius 3 is 2.54 bits per heavy atom. The Kier molecular flexibility index (Phi) is 3.22. The number of ketones is 1. The number of carboxylic acid groups (broad SMARTS) is 1. The summed E-state index contributed by atoms with van der Waals surface area (Å²) >= 11 is 6.71. The zero-order valence-electron chi connectivity index (χ0n) is 6.36. The lowest BCUT2D eigenvalue weighted by Crippen LogP contribution is -1.93. The van der Waals surface area contributed by atoms with E-state index in [9.17, 15) is 9.59 Å². The van der Waals surface area contributed by atoms with Gasteiger partial charge in [0.1, 0.15) is 0 Å². The molecule has 1 rings (SSSR count). The SMILES string of the molecule is O=C(O)C=CC(=O)c1ccc(Cl)s1. The van der Waals surface area contributed by atoms with E-state index < -0.39 is 5.97 Å². The Hall–Kier alpha value is -1.13. The van der Waals surface area contributed by atoms with Gasteiger partial charge in [-0.2, -0.15) is 0 Å². The summed E-state index contributed by atoms with van der Waals surface area (Å²) in [5.74, 6) is -1.49. The number of allylic oxidation sites excluding steroid dienone is 1. The first-order valence-electron chi connectivity index (χ1n) is 3.30. The van der Waals surface area contributed by atoms with Crippen LogP contribution in [0, 0.1) is 0 Å². The third-order valence-corrected chi connectivity index (χ3v) is 2.44. The Morgan fingerprint density at radius 1 is 1.38 bits per heavy atom. The van der Waals surface area contributed by atoms with Crippen LogP contribution in [0.15, 0.2) is 24.3 Å². The summed E-state index contributed by atoms with van der Waals surface area (Å²) in [6.45, 7) is 0. The maximum absolute atomic E-state index is 11.2. The van der Waals surface area contributed by atoms with Crippen molar-refractivity contribution in [1.29, 1.82) is 0 Å². The van der Waals surface area contributed by atoms with Crippen LogP contribution in [-0.2, 0) is 4.79 Å². The Bertz CT molecular complexity index is 367. The summed E-state index contributed by atoms with van der Waals surface area (Å²) in [6.07, 6.45) is 1.81. The molecule has 0 saturated heterocycles. The molecule has 0 radical (unpaired) electrons. The highest BCUT2D eigenvalue weighted by atomic mass is 35.5. The molecule has 0 aliphatic carbocycles. The zero-order valence-corrected chi connectivity index (χ0v) is 7.93. The van der Waals surface area contributed by atoms with Gasteiger partial charge in [-0.1, -0.05) is 11.6 Å². The fraction of sp³-hybridized carbons (Fsp3) is 0. The third kappa shape index (κ3) is 3.01. The molecule has 3 nitrogen and oxygen atoms in total. The van der Waals surface area contributed by atoms with Crippen LogP contribution < -0.4 is 0 Å². The monoisotopic (exact) mass is 216 g/mol. The second-order valence-electron chi connectivity index (χ2n) is 2.14. The molecule has 0 aliphatic rings. The summed E-state index contributed by atoms with van der Waals surface area (Å²) < 4.78 is 0.507. The number of halogens is 1. The number of aliphatic carboxylic acids is 1. The van der Waals surface area contributed by atoms with E-state index in [2.05, 4.69) is 0 Å². The first-order valence-corrected chi connectivity index (χ1v) is 4.49. The molecule has 0 fully saturated rings. The number of hydrogen-bond acceptors (Lipinski definition) is 3. The first-order chi connectivity index (χ1) is 6.09. The van der Waals surface area contributed by atoms with Crippen molar-refractivity contribution in [2.24, 2.45) is 0 Å². The Morgan fingerprint density at radius 2 is 2.08 bits per heavy atom. The van der Waals surface area contributed by atoms with Gasteiger partial charge in [-0.05, 0) is 18.2 Å². The second-order valence-corrected chi connectivity index (χ2v) is 3.85. The van der Waals surface area contributed by atoms with E-state index in [1.54, 1.807) is 12.1 Å². The van der Waals surface area contributed by atoms with Crippen molar-refractivity contribution in [3.8, 4) is 0 Å². The van der Waals surface area contributed by atoms with E-state index in [1.807, 2.05) is 0 Å². The fourth-order valence-corrected chi connectivity index (χ4v) is 1.64. The molecule has 0 amide bonds. The van der Waals surface area contributed by atoms with Gasteiger partial charge in [0, 0.05) is 6.08 Å². The highest BCUT2D eigenvalue weighted by molar-refractivity contribution is 7.18. The minimum Gasteiger partial charge on any atom is -0.478 e. The van der Waals surface area contributed by atoms with Crippen molar-refractivity contribution in [2.75, 3.05) is 0 Å². The fourth-order valence-electron chi connectivity index (χ4n) is 0.676. The average Bonchev–Trinajstić information content (AvgIpc) is 2.47. The molecule has 1 aromatic heterocycles. The minimum atomic E-state index is -1.14. The number of carbonyl (C=O) groups is 2. The van der Waals surface area contributed by atoms with Crippen molar-refractivity contribution in [3.63, 3.8) is 0 Å². The summed E-state index contributed by atoms with van der Waals surface area (Å²) in [5, 5.41) is 8.25. The summed E-state index contributed by atoms with van der Waals surface area (Å²) in [7, 11) is 0. The quantitative estimate of drug-likeness (QED) is 0.623. The van der Waals surface area contributed by atoms with Crippen molar-refractivity contribution in [3.05, 3.63) is 33.5 Å². The van der Waals surface area contributed by atoms with E-state index in [-0.39, 0.29) is 5.78 Å². The van der Waals surface area contributed by atoms with Gasteiger partial charge >= 0.3 is 5.97 Å². The van der Waals surface area contributed by atoms with Crippen molar-refractivity contribution < 1.29 is 14.7 Å². The molecule has 5 heteroatoms. The van der Waals surface area contributed by atoms with Gasteiger partial charge < -0.3 is 5.11 Å². The molecule has 1 heterocycles. The number of hydrogen-bond donors (Lipinski definition) is 1. The van der Waals surface area contributed by atoms with Crippen LogP contribution in [0.3, 0.4) is 0 Å². The van der Waals surface area contributed by atoms with E-state index in [4.69, 9.17) is 16.7 Å². The van der Waals surface area contributed by atoms with Gasteiger partial charge in [-0.3, -0.25) is 4.79 Å². The van der Waals surface area contributed by atoms with Gasteiger partial charge in [0.05, 0.1) is 9.21 Å². The zero-order chi connectivity index (χ0) is 9.84. The van der Waals surface area contributed by atoms with Gasteiger partial charge in [0.2, 0.25) is 0 Å². The van der Waals surface area contributed by atoms with Crippen molar-refractivity contribution in [1.82, 2.24) is 0 Å². The third-order valence-electron chi connectivity index (χ3n) is 1.19. The Balaban J connectivity index is 2.75. The molecule has 0 spiro atoms. The van der Waals surface area contributed by atoms with Gasteiger partial charge in [0.25, 0.3) is 0 Å². The highest BCUT2D eigenvalue weighted by Crippen LogP contribution is 2.21. The van der Waals surface area contributed by atoms with Crippen LogP contribution in [0.25, 0.3) is 0 Å². The summed E-state index contributed by atoms with van der Waals surface area (Å²) in [6, 6.07) is 3.15. The van der Waals surface area contributed by atoms with Gasteiger partial charge in [-0.25, -0.2) is 4.79 Å². The lowest BCUT2D eigenvalue weighted by atomic mass is 10.3. The van der Waals surface area contributed by atoms with Gasteiger partial charge in [-0.15, -0.1) is 11.3 Å². The predicted octanol–water partition coefficient (Wildman–Crippen LogP) is 2.23. The van der Waals surface area contributed by atoms with Crippen LogP contribution in [0.4, 0.5) is 0 Å². The topological polar surface area (TPSA) is 54.4 Å². The van der Waals surface area contributed by atoms with E-state index in [0.29, 0.717) is 9.21 Å². The molecule has 0 unspecified atom stereocenters. The second kappa shape index (κ2) is 4.20. The van der Waals surface area contributed by atoms with E-state index in [1.165, 1.54) is 0 Å². The predicted molar refractivity (Wildman–Crippen MR) is 50.4 cm³/mol. The molecular weight excluding hydrogens is 212 g/mol. The summed E-state index contributed by atoms with van der Waals surface area (Å²) in [5.41, 5.74) is 0. The molecule has 0 aromatic carbocycles. The normalized spacial score (nSPS) is 10.5. The lowest BCUT2D eigenvalue weighted by molar-refractivity contribution is -0.131. The molecule has 0 atom stereocenters. The molecule has 1 aromatic rings. The summed E-state index contributed by atoms with van der Waals surface area (Å²) in [4.78, 5) is 21.7. The van der Waals surface area contributed by atoms with Crippen LogP contribution in [0.1, 0.15) is 9.67 Å². The lowest BCUT2D eigenvalue weighted by Gasteiger charge is -1.85. The van der Waals surface area contributed by atoms with Gasteiger partial charge in [0.15, 0.2) is 5.78 Å². The molecule has 13 heavy (non-hydrogen) atoms. The highest BCUT2D eigenvalue weighted by Gasteiger charge is 2.04. The number of carbonyl (C=O) groups excluding carboxylic acids is 1. The van der Waals surface area contributed by atoms with Crippen LogP contribution >= 0.6 is 22.9 Å². The maximum atomic E-state index is 11.2. The first kappa shape index (κ1) is 9.95. The minimum absolute atomic E-state index is 0.348. The van der Waals surface area contributed by atoms with Crippen molar-refractivity contribution in [2.45, 2.75) is 0 Å². The molecule has 0 saturated carbocycles. The number of rotatable bonds is 3. The van der Waals surface area contributed by atoms with Crippen LogP contribution in [0.5, 0.6) is 0 Å². The van der Waals surface area contributed by atoms with Crippen LogP contribution in [-0.4, -0.2) is 16.9 Å². The Labute approximate surface area is 83.3 Å². The molecule has 0 aliphatic heterocycles. The largest absolute Gasteiger partial charge is 0.478 e.